The molecule has 1 saturated heterocycles. The van der Waals surface area contributed by atoms with Crippen LogP contribution in [-0.4, -0.2) is 44.1 Å². The van der Waals surface area contributed by atoms with Gasteiger partial charge in [0.1, 0.15) is 18.1 Å². The van der Waals surface area contributed by atoms with E-state index in [0.717, 1.165) is 18.6 Å². The topological polar surface area (TPSA) is 113 Å². The minimum atomic E-state index is 0.0693. The lowest BCUT2D eigenvalue weighted by Crippen LogP contribution is -2.16. The van der Waals surface area contributed by atoms with Gasteiger partial charge in [-0.15, -0.1) is 0 Å². The monoisotopic (exact) mass is 353 g/mol. The van der Waals surface area contributed by atoms with Crippen molar-refractivity contribution >= 4 is 11.5 Å². The SMILES string of the molecule is Nc1c(NCc2ccnc(OC3CCOC3)c2)ncnc1-n1cccn1. The molecule has 1 atom stereocenters. The lowest BCUT2D eigenvalue weighted by Gasteiger charge is -2.13. The summed E-state index contributed by atoms with van der Waals surface area (Å²) in [5.74, 6) is 1.68. The maximum Gasteiger partial charge on any atom is 0.213 e. The van der Waals surface area contributed by atoms with Crippen LogP contribution in [0.15, 0.2) is 43.1 Å². The maximum atomic E-state index is 6.18. The zero-order valence-corrected chi connectivity index (χ0v) is 14.1. The smallest absolute Gasteiger partial charge is 0.213 e. The molecule has 9 nitrogen and oxygen atoms in total. The molecule has 0 amide bonds. The van der Waals surface area contributed by atoms with Crippen molar-refractivity contribution in [2.24, 2.45) is 0 Å². The van der Waals surface area contributed by atoms with E-state index in [1.54, 1.807) is 23.3 Å². The number of nitrogens with two attached hydrogens (primary N) is 1. The lowest BCUT2D eigenvalue weighted by atomic mass is 10.2. The third kappa shape index (κ3) is 3.57. The van der Waals surface area contributed by atoms with Crippen molar-refractivity contribution in [3.05, 3.63) is 48.7 Å². The van der Waals surface area contributed by atoms with Gasteiger partial charge in [0, 0.05) is 37.6 Å². The third-order valence-corrected chi connectivity index (χ3v) is 4.02. The van der Waals surface area contributed by atoms with E-state index in [4.69, 9.17) is 15.2 Å². The summed E-state index contributed by atoms with van der Waals surface area (Å²) in [6.07, 6.45) is 7.58. The summed E-state index contributed by atoms with van der Waals surface area (Å²) in [4.78, 5) is 12.7. The minimum absolute atomic E-state index is 0.0693. The zero-order valence-electron chi connectivity index (χ0n) is 14.1. The summed E-state index contributed by atoms with van der Waals surface area (Å²) >= 11 is 0. The second-order valence-electron chi connectivity index (χ2n) is 5.87. The summed E-state index contributed by atoms with van der Waals surface area (Å²) in [5.41, 5.74) is 7.62. The van der Waals surface area contributed by atoms with Crippen molar-refractivity contribution in [3.63, 3.8) is 0 Å². The fourth-order valence-corrected chi connectivity index (χ4v) is 2.69. The van der Waals surface area contributed by atoms with E-state index in [1.165, 1.54) is 6.33 Å². The molecule has 4 heterocycles. The predicted octanol–water partition coefficient (Wildman–Crippen LogP) is 1.42. The van der Waals surface area contributed by atoms with Crippen LogP contribution >= 0.6 is 0 Å². The van der Waals surface area contributed by atoms with Crippen LogP contribution in [0.2, 0.25) is 0 Å². The van der Waals surface area contributed by atoms with E-state index in [0.29, 0.717) is 36.4 Å². The number of aromatic nitrogens is 5. The Hall–Kier alpha value is -3.20. The lowest BCUT2D eigenvalue weighted by molar-refractivity contribution is 0.138. The molecule has 0 aliphatic carbocycles. The number of nitrogen functional groups attached to an aromatic ring is 1. The number of hydrogen-bond acceptors (Lipinski definition) is 8. The van der Waals surface area contributed by atoms with Gasteiger partial charge in [-0.1, -0.05) is 0 Å². The van der Waals surface area contributed by atoms with Crippen molar-refractivity contribution in [2.45, 2.75) is 19.1 Å². The van der Waals surface area contributed by atoms with Gasteiger partial charge in [0.25, 0.3) is 0 Å². The minimum Gasteiger partial charge on any atom is -0.472 e. The van der Waals surface area contributed by atoms with E-state index in [1.807, 2.05) is 18.2 Å². The van der Waals surface area contributed by atoms with E-state index >= 15 is 0 Å². The first-order valence-electron chi connectivity index (χ1n) is 8.33. The van der Waals surface area contributed by atoms with Crippen LogP contribution < -0.4 is 15.8 Å². The van der Waals surface area contributed by atoms with Crippen LogP contribution in [0.25, 0.3) is 5.82 Å². The molecule has 26 heavy (non-hydrogen) atoms. The highest BCUT2D eigenvalue weighted by atomic mass is 16.5. The summed E-state index contributed by atoms with van der Waals surface area (Å²) in [6, 6.07) is 5.62. The van der Waals surface area contributed by atoms with Crippen molar-refractivity contribution in [3.8, 4) is 11.7 Å². The highest BCUT2D eigenvalue weighted by molar-refractivity contribution is 5.68. The molecule has 0 bridgehead atoms. The number of pyridine rings is 1. The summed E-state index contributed by atoms with van der Waals surface area (Å²) in [7, 11) is 0. The molecule has 9 heteroatoms. The molecule has 1 aliphatic heterocycles. The van der Waals surface area contributed by atoms with Gasteiger partial charge >= 0.3 is 0 Å². The number of hydrogen-bond donors (Lipinski definition) is 2. The molecule has 3 aromatic heterocycles. The predicted molar refractivity (Wildman–Crippen MR) is 95.0 cm³/mol. The highest BCUT2D eigenvalue weighted by Gasteiger charge is 2.17. The van der Waals surface area contributed by atoms with Crippen molar-refractivity contribution in [1.29, 1.82) is 0 Å². The van der Waals surface area contributed by atoms with Crippen molar-refractivity contribution in [2.75, 3.05) is 24.3 Å². The van der Waals surface area contributed by atoms with Gasteiger partial charge in [0.15, 0.2) is 11.6 Å². The molecule has 134 valence electrons. The van der Waals surface area contributed by atoms with Crippen LogP contribution in [0.5, 0.6) is 5.88 Å². The van der Waals surface area contributed by atoms with Gasteiger partial charge in [-0.3, -0.25) is 0 Å². The Bertz CT molecular complexity index is 863. The Balaban J connectivity index is 1.45. The van der Waals surface area contributed by atoms with Gasteiger partial charge in [-0.05, 0) is 17.7 Å². The molecule has 1 aliphatic rings. The Kier molecular flexibility index (Phi) is 4.61. The number of ether oxygens (including phenoxy) is 2. The Morgan fingerprint density at radius 3 is 3.08 bits per heavy atom. The number of rotatable bonds is 6. The third-order valence-electron chi connectivity index (χ3n) is 4.02. The largest absolute Gasteiger partial charge is 0.472 e. The van der Waals surface area contributed by atoms with Crippen LogP contribution in [0.1, 0.15) is 12.0 Å². The number of nitrogens with zero attached hydrogens (tertiary/aromatic N) is 5. The van der Waals surface area contributed by atoms with Crippen LogP contribution in [0.3, 0.4) is 0 Å². The summed E-state index contributed by atoms with van der Waals surface area (Å²) in [5, 5.41) is 7.38. The maximum absolute atomic E-state index is 6.18. The fourth-order valence-electron chi connectivity index (χ4n) is 2.69. The molecule has 3 aromatic rings. The summed E-state index contributed by atoms with van der Waals surface area (Å²) < 4.78 is 12.8. The van der Waals surface area contributed by atoms with Crippen LogP contribution in [-0.2, 0) is 11.3 Å². The first-order chi connectivity index (χ1) is 12.8. The van der Waals surface area contributed by atoms with Gasteiger partial charge in [0.05, 0.1) is 13.2 Å². The van der Waals surface area contributed by atoms with Gasteiger partial charge in [-0.2, -0.15) is 5.10 Å². The highest BCUT2D eigenvalue weighted by Crippen LogP contribution is 2.22. The molecule has 0 spiro atoms. The molecule has 3 N–H and O–H groups in total. The molecular weight excluding hydrogens is 334 g/mol. The Morgan fingerprint density at radius 2 is 2.27 bits per heavy atom. The number of anilines is 2. The van der Waals surface area contributed by atoms with E-state index in [9.17, 15) is 0 Å². The fraction of sp³-hybridized carbons (Fsp3) is 0.294. The van der Waals surface area contributed by atoms with Crippen molar-refractivity contribution in [1.82, 2.24) is 24.7 Å². The second kappa shape index (κ2) is 7.36. The summed E-state index contributed by atoms with van der Waals surface area (Å²) in [6.45, 7) is 1.87. The molecule has 1 unspecified atom stereocenters. The Morgan fingerprint density at radius 1 is 1.31 bits per heavy atom. The second-order valence-corrected chi connectivity index (χ2v) is 5.87. The van der Waals surface area contributed by atoms with E-state index in [2.05, 4.69) is 25.4 Å². The first kappa shape index (κ1) is 16.3. The van der Waals surface area contributed by atoms with E-state index < -0.39 is 0 Å². The first-order valence-corrected chi connectivity index (χ1v) is 8.33. The molecule has 0 saturated carbocycles. The molecule has 1 fully saturated rings. The quantitative estimate of drug-likeness (QED) is 0.684. The van der Waals surface area contributed by atoms with Gasteiger partial charge in [-0.25, -0.2) is 19.6 Å². The number of nitrogens with one attached hydrogen (secondary N) is 1. The van der Waals surface area contributed by atoms with Gasteiger partial charge in [0.2, 0.25) is 5.88 Å². The molecule has 0 aromatic carbocycles. The van der Waals surface area contributed by atoms with Gasteiger partial charge < -0.3 is 20.5 Å². The van der Waals surface area contributed by atoms with Crippen molar-refractivity contribution < 1.29 is 9.47 Å². The normalized spacial score (nSPS) is 16.5. The molecular formula is C17H19N7O2. The Labute approximate surface area is 150 Å². The standard InChI is InChI=1S/C17H19N7O2/c18-15-16(21-11-22-17(15)24-6-1-4-23-24)20-9-12-2-5-19-14(8-12)26-13-3-7-25-10-13/h1-2,4-6,8,11,13H,3,7,9-10,18H2,(H,20,21,22). The zero-order chi connectivity index (χ0) is 17.8. The average Bonchev–Trinajstić information content (AvgIpc) is 3.35. The molecule has 0 radical (unpaired) electrons. The average molecular weight is 353 g/mol. The molecule has 4 rings (SSSR count). The van der Waals surface area contributed by atoms with E-state index in [-0.39, 0.29) is 6.10 Å². The van der Waals surface area contributed by atoms with Crippen LogP contribution in [0, 0.1) is 0 Å². The van der Waals surface area contributed by atoms with Crippen LogP contribution in [0.4, 0.5) is 11.5 Å².